The molecule has 2 aromatic carbocycles. The van der Waals surface area contributed by atoms with E-state index in [0.717, 1.165) is 36.8 Å². The van der Waals surface area contributed by atoms with Crippen LogP contribution < -0.4 is 5.32 Å². The maximum atomic E-state index is 14.3. The van der Waals surface area contributed by atoms with E-state index in [9.17, 15) is 29.4 Å². The highest BCUT2D eigenvalue weighted by Gasteiger charge is 2.64. The smallest absolute Gasteiger partial charge is 0.338 e. The summed E-state index contributed by atoms with van der Waals surface area (Å²) >= 11 is 0. The first kappa shape index (κ1) is 39.7. The Hall–Kier alpha value is -4.52. The number of likely N-dealkylation sites (tertiary alicyclic amines) is 1. The van der Waals surface area contributed by atoms with Gasteiger partial charge in [0.1, 0.15) is 35.7 Å². The average Bonchev–Trinajstić information content (AvgIpc) is 4.11. The number of carbonyl (C=O) groups is 4. The Kier molecular flexibility index (Phi) is 11.7. The van der Waals surface area contributed by atoms with E-state index in [0.29, 0.717) is 36.9 Å². The normalized spacial score (nSPS) is 25.0. The zero-order chi connectivity index (χ0) is 39.6. The molecule has 2 aliphatic heterocycles. The quantitative estimate of drug-likeness (QED) is 0.213. The average molecular weight is 771 g/mol. The van der Waals surface area contributed by atoms with Gasteiger partial charge in [-0.2, -0.15) is 0 Å². The van der Waals surface area contributed by atoms with E-state index in [2.05, 4.69) is 5.32 Å². The van der Waals surface area contributed by atoms with Gasteiger partial charge in [-0.25, -0.2) is 4.79 Å². The first-order valence-electron chi connectivity index (χ1n) is 20.1. The zero-order valence-electron chi connectivity index (χ0n) is 32.5. The first-order valence-corrected chi connectivity index (χ1v) is 20.1. The molecule has 4 fully saturated rings. The summed E-state index contributed by atoms with van der Waals surface area (Å²) < 4.78 is 25.1. The molecule has 0 aromatic heterocycles. The van der Waals surface area contributed by atoms with Crippen LogP contribution in [0.3, 0.4) is 0 Å². The second kappa shape index (κ2) is 16.5. The predicted molar refractivity (Wildman–Crippen MR) is 206 cm³/mol. The zero-order valence-corrected chi connectivity index (χ0v) is 32.5. The number of aromatic hydroxyl groups is 1. The van der Waals surface area contributed by atoms with Gasteiger partial charge in [0.15, 0.2) is 5.79 Å². The number of fused-ring (bicyclic) bond motifs is 1. The Morgan fingerprint density at radius 1 is 1.00 bits per heavy atom. The topological polar surface area (TPSA) is 161 Å². The molecule has 300 valence electrons. The Morgan fingerprint density at radius 3 is 2.38 bits per heavy atom. The first-order chi connectivity index (χ1) is 26.8. The van der Waals surface area contributed by atoms with E-state index >= 15 is 0 Å². The van der Waals surface area contributed by atoms with Gasteiger partial charge in [0.2, 0.25) is 11.8 Å². The van der Waals surface area contributed by atoms with Gasteiger partial charge in [0, 0.05) is 36.8 Å². The van der Waals surface area contributed by atoms with Gasteiger partial charge < -0.3 is 39.4 Å². The molecule has 0 radical (unpaired) electrons. The lowest BCUT2D eigenvalue weighted by Crippen LogP contribution is -2.51. The van der Waals surface area contributed by atoms with E-state index in [1.54, 1.807) is 49.9 Å². The fraction of sp³-hybridized carbons (Fsp3) is 0.545. The molecule has 0 unspecified atom stereocenters. The largest absolute Gasteiger partial charge is 0.508 e. The second-order valence-electron chi connectivity index (χ2n) is 16.8. The van der Waals surface area contributed by atoms with Gasteiger partial charge in [0.25, 0.3) is 0 Å². The molecule has 3 aliphatic carbocycles. The number of esters is 2. The number of carbonyl (C=O) groups excluding carboxylic acids is 4. The van der Waals surface area contributed by atoms with Crippen LogP contribution in [0.5, 0.6) is 5.75 Å². The SMILES string of the molecule is CC(C)(C)OC(=O)CC[C@@H](CO)NC(=O)[C@H]1CCCN1C(=O)C1=C[C@H]2OC(C3CC3)(C3CC3)O[C@H]2[C@H](OC(=O)c2ccc(C=CCc3ccccc3O)cc2)C1. The number of aliphatic hydroxyl groups is 1. The van der Waals surface area contributed by atoms with Gasteiger partial charge in [-0.15, -0.1) is 0 Å². The van der Waals surface area contributed by atoms with Crippen molar-refractivity contribution in [1.82, 2.24) is 10.2 Å². The van der Waals surface area contributed by atoms with Crippen LogP contribution in [0.2, 0.25) is 0 Å². The number of aliphatic hydroxyl groups excluding tert-OH is 1. The number of allylic oxidation sites excluding steroid dienone is 1. The third-order valence-electron chi connectivity index (χ3n) is 11.2. The fourth-order valence-corrected chi connectivity index (χ4v) is 8.16. The predicted octanol–water partition coefficient (Wildman–Crippen LogP) is 5.39. The maximum Gasteiger partial charge on any atom is 0.338 e. The van der Waals surface area contributed by atoms with Gasteiger partial charge >= 0.3 is 11.9 Å². The number of phenolic OH excluding ortho intramolecular Hbond substituents is 1. The summed E-state index contributed by atoms with van der Waals surface area (Å²) in [5.74, 6) is -1.66. The number of hydrogen-bond donors (Lipinski definition) is 3. The Labute approximate surface area is 328 Å². The van der Waals surface area contributed by atoms with Gasteiger partial charge in [-0.1, -0.05) is 42.5 Å². The van der Waals surface area contributed by atoms with Crippen LogP contribution in [0.15, 0.2) is 66.3 Å². The van der Waals surface area contributed by atoms with Crippen molar-refractivity contribution in [3.63, 3.8) is 0 Å². The summed E-state index contributed by atoms with van der Waals surface area (Å²) in [6, 6.07) is 12.8. The van der Waals surface area contributed by atoms with Crippen molar-refractivity contribution in [1.29, 1.82) is 0 Å². The molecular weight excluding hydrogens is 716 g/mol. The monoisotopic (exact) mass is 770 g/mol. The molecule has 2 aromatic rings. The Morgan fingerprint density at radius 2 is 1.71 bits per heavy atom. The molecule has 12 heteroatoms. The summed E-state index contributed by atoms with van der Waals surface area (Å²) in [7, 11) is 0. The molecule has 12 nitrogen and oxygen atoms in total. The lowest BCUT2D eigenvalue weighted by molar-refractivity contribution is -0.209. The molecule has 0 bridgehead atoms. The third-order valence-corrected chi connectivity index (χ3v) is 11.2. The van der Waals surface area contributed by atoms with Gasteiger partial charge in [-0.05, 0) is 108 Å². The van der Waals surface area contributed by atoms with Crippen molar-refractivity contribution in [2.24, 2.45) is 11.8 Å². The number of nitrogens with zero attached hydrogens (tertiary/aromatic N) is 1. The summed E-state index contributed by atoms with van der Waals surface area (Å²) in [6.07, 6.45) is 9.66. The number of phenols is 1. The number of amides is 2. The number of benzene rings is 2. The van der Waals surface area contributed by atoms with Crippen LogP contribution in [0.4, 0.5) is 0 Å². The van der Waals surface area contributed by atoms with Gasteiger partial charge in [-0.3, -0.25) is 14.4 Å². The molecule has 2 heterocycles. The second-order valence-corrected chi connectivity index (χ2v) is 16.8. The standard InChI is InChI=1S/C44H54N2O10/c1-43(2,3)55-38(49)22-21-33(26-47)45-40(50)34-11-7-23-46(34)41(51)30-24-36(39-37(25-30)54-44(56-39,31-17-18-31)32-19-20-32)53-42(52)29-15-13-27(14-16-29)8-6-10-28-9-4-5-12-35(28)48/h4-6,8-9,12-16,25,31-34,36-37,39,47-48H,7,10-11,17-24,26H2,1-3H3,(H,45,50)/t33-,34+,36+,37+,39-/m0/s1. The summed E-state index contributed by atoms with van der Waals surface area (Å²) in [5.41, 5.74) is 1.82. The molecule has 3 N–H and O–H groups in total. The summed E-state index contributed by atoms with van der Waals surface area (Å²) in [6.45, 7) is 5.33. The van der Waals surface area contributed by atoms with Crippen LogP contribution in [0.1, 0.15) is 100 Å². The number of ether oxygens (including phenoxy) is 4. The lowest BCUT2D eigenvalue weighted by Gasteiger charge is -2.33. The minimum atomic E-state index is -0.796. The van der Waals surface area contributed by atoms with Crippen molar-refractivity contribution in [2.45, 2.75) is 127 Å². The summed E-state index contributed by atoms with van der Waals surface area (Å²) in [5, 5.41) is 22.9. The van der Waals surface area contributed by atoms with E-state index in [1.807, 2.05) is 42.5 Å². The maximum absolute atomic E-state index is 14.3. The molecule has 56 heavy (non-hydrogen) atoms. The molecule has 2 saturated heterocycles. The molecule has 5 aliphatic rings. The molecule has 2 saturated carbocycles. The highest BCUT2D eigenvalue weighted by Crippen LogP contribution is 2.59. The van der Waals surface area contributed by atoms with Crippen LogP contribution >= 0.6 is 0 Å². The molecule has 2 amide bonds. The fourth-order valence-electron chi connectivity index (χ4n) is 8.16. The van der Waals surface area contributed by atoms with E-state index in [4.69, 9.17) is 18.9 Å². The highest BCUT2D eigenvalue weighted by atomic mass is 16.8. The molecule has 0 spiro atoms. The van der Waals surface area contributed by atoms with Crippen molar-refractivity contribution in [2.75, 3.05) is 13.2 Å². The number of para-hydroxylation sites is 1. The number of hydrogen-bond acceptors (Lipinski definition) is 10. The number of nitrogens with one attached hydrogen (secondary N) is 1. The molecule has 7 rings (SSSR count). The lowest BCUT2D eigenvalue weighted by atomic mass is 9.91. The van der Waals surface area contributed by atoms with Crippen molar-refractivity contribution >= 4 is 29.8 Å². The van der Waals surface area contributed by atoms with Crippen LogP contribution in [0, 0.1) is 11.8 Å². The van der Waals surface area contributed by atoms with E-state index in [-0.39, 0.29) is 49.4 Å². The third kappa shape index (κ3) is 9.19. The minimum Gasteiger partial charge on any atom is -0.508 e. The number of rotatable bonds is 14. The minimum absolute atomic E-state index is 0.0268. The highest BCUT2D eigenvalue weighted by molar-refractivity contribution is 5.98. The van der Waals surface area contributed by atoms with Crippen molar-refractivity contribution in [3.8, 4) is 5.75 Å². The van der Waals surface area contributed by atoms with Crippen molar-refractivity contribution < 1.29 is 48.3 Å². The van der Waals surface area contributed by atoms with Crippen LogP contribution in [0.25, 0.3) is 6.08 Å². The van der Waals surface area contributed by atoms with E-state index < -0.39 is 59.6 Å². The Bertz CT molecular complexity index is 1830. The van der Waals surface area contributed by atoms with Crippen LogP contribution in [-0.2, 0) is 39.8 Å². The van der Waals surface area contributed by atoms with Crippen LogP contribution in [-0.4, -0.2) is 93.8 Å². The Balaban J connectivity index is 1.03. The molecular formula is C44H54N2O10. The summed E-state index contributed by atoms with van der Waals surface area (Å²) in [4.78, 5) is 55.4. The van der Waals surface area contributed by atoms with Gasteiger partial charge in [0.05, 0.1) is 18.2 Å². The van der Waals surface area contributed by atoms with E-state index in [1.165, 1.54) is 0 Å². The molecule has 5 atom stereocenters. The van der Waals surface area contributed by atoms with Crippen molar-refractivity contribution in [3.05, 3.63) is 82.9 Å².